The summed E-state index contributed by atoms with van der Waals surface area (Å²) in [5.41, 5.74) is 9.85. The van der Waals surface area contributed by atoms with Crippen LogP contribution in [0.15, 0.2) is 36.1 Å². The van der Waals surface area contributed by atoms with E-state index in [4.69, 9.17) is 5.73 Å². The lowest BCUT2D eigenvalue weighted by Gasteiger charge is -2.25. The van der Waals surface area contributed by atoms with Crippen LogP contribution >= 0.6 is 11.3 Å². The molecule has 36 heavy (non-hydrogen) atoms. The van der Waals surface area contributed by atoms with Gasteiger partial charge >= 0.3 is 0 Å². The standard InChI is InChI=1S/C25H32N10S/c1-4-34(5-2)20-10-12-33(14-20)11-6-7-18-8-9-19(13-27-18)30-25-31-24(26)35(32-25)23-22-21(28-16-29-23)17(3)15-36-22/h6-9,13,15-16,20H,4-5,10-12,14H2,1-3H3,(H3,26,30,31,32)/b7-6+. The summed E-state index contributed by atoms with van der Waals surface area (Å²) in [4.78, 5) is 22.7. The first-order valence-corrected chi connectivity index (χ1v) is 13.2. The molecule has 0 spiro atoms. The van der Waals surface area contributed by atoms with Gasteiger partial charge in [0.25, 0.3) is 0 Å². The number of aryl methyl sites for hydroxylation is 1. The van der Waals surface area contributed by atoms with Gasteiger partial charge in [0.05, 0.1) is 27.8 Å². The number of nitrogen functional groups attached to an aromatic ring is 1. The Morgan fingerprint density at radius 3 is 2.86 bits per heavy atom. The zero-order chi connectivity index (χ0) is 25.1. The Bertz CT molecular complexity index is 1340. The van der Waals surface area contributed by atoms with Crippen molar-refractivity contribution in [2.45, 2.75) is 33.2 Å². The van der Waals surface area contributed by atoms with Crippen molar-refractivity contribution in [3.05, 3.63) is 47.4 Å². The number of thiophene rings is 1. The van der Waals surface area contributed by atoms with Crippen molar-refractivity contribution < 1.29 is 0 Å². The quantitative estimate of drug-likeness (QED) is 0.352. The summed E-state index contributed by atoms with van der Waals surface area (Å²) >= 11 is 1.57. The fourth-order valence-corrected chi connectivity index (χ4v) is 5.66. The van der Waals surface area contributed by atoms with Gasteiger partial charge < -0.3 is 11.1 Å². The molecule has 188 valence electrons. The summed E-state index contributed by atoms with van der Waals surface area (Å²) in [6.45, 7) is 12.0. The summed E-state index contributed by atoms with van der Waals surface area (Å²) in [6.07, 6.45) is 8.81. The minimum absolute atomic E-state index is 0.251. The molecule has 0 amide bonds. The Morgan fingerprint density at radius 2 is 2.08 bits per heavy atom. The van der Waals surface area contributed by atoms with Crippen LogP contribution in [-0.2, 0) is 0 Å². The van der Waals surface area contributed by atoms with E-state index < -0.39 is 0 Å². The van der Waals surface area contributed by atoms with Crippen LogP contribution in [-0.4, -0.2) is 78.3 Å². The number of nitrogens with two attached hydrogens (primary N) is 1. The van der Waals surface area contributed by atoms with Crippen molar-refractivity contribution in [1.82, 2.24) is 39.5 Å². The number of pyridine rings is 1. The third-order valence-corrected chi connectivity index (χ3v) is 7.70. The molecule has 1 aliphatic rings. The van der Waals surface area contributed by atoms with Gasteiger partial charge in [0.2, 0.25) is 11.9 Å². The highest BCUT2D eigenvalue weighted by Crippen LogP contribution is 2.28. The number of likely N-dealkylation sites (N-methyl/N-ethyl adjacent to an activating group) is 1. The third kappa shape index (κ3) is 5.08. The second-order valence-corrected chi connectivity index (χ2v) is 9.80. The number of hydrogen-bond acceptors (Lipinski definition) is 10. The molecule has 4 aromatic rings. The molecule has 0 aromatic carbocycles. The van der Waals surface area contributed by atoms with Crippen LogP contribution in [0.3, 0.4) is 0 Å². The van der Waals surface area contributed by atoms with E-state index in [1.54, 1.807) is 17.5 Å². The molecule has 11 heteroatoms. The predicted molar refractivity (Wildman–Crippen MR) is 146 cm³/mol. The number of rotatable bonds is 9. The molecule has 0 aliphatic carbocycles. The van der Waals surface area contributed by atoms with Gasteiger partial charge in [-0.2, -0.15) is 9.67 Å². The molecule has 1 aliphatic heterocycles. The monoisotopic (exact) mass is 504 g/mol. The molecule has 1 fully saturated rings. The highest BCUT2D eigenvalue weighted by Gasteiger charge is 2.25. The summed E-state index contributed by atoms with van der Waals surface area (Å²) in [5.74, 6) is 1.26. The minimum atomic E-state index is 0.251. The average Bonchev–Trinajstić information content (AvgIpc) is 3.60. The van der Waals surface area contributed by atoms with Crippen LogP contribution in [0.25, 0.3) is 22.1 Å². The molecular weight excluding hydrogens is 472 g/mol. The molecule has 1 saturated heterocycles. The van der Waals surface area contributed by atoms with Crippen molar-refractivity contribution in [3.8, 4) is 5.82 Å². The van der Waals surface area contributed by atoms with Crippen molar-refractivity contribution in [1.29, 1.82) is 0 Å². The van der Waals surface area contributed by atoms with Crippen LogP contribution in [0.5, 0.6) is 0 Å². The fraction of sp³-hybridized carbons (Fsp3) is 0.400. The van der Waals surface area contributed by atoms with Crippen molar-refractivity contribution in [3.63, 3.8) is 0 Å². The zero-order valence-corrected chi connectivity index (χ0v) is 21.7. The zero-order valence-electron chi connectivity index (χ0n) is 20.9. The van der Waals surface area contributed by atoms with E-state index in [9.17, 15) is 0 Å². The van der Waals surface area contributed by atoms with Crippen LogP contribution in [0, 0.1) is 6.92 Å². The van der Waals surface area contributed by atoms with Crippen molar-refractivity contribution in [2.75, 3.05) is 43.8 Å². The third-order valence-electron chi connectivity index (χ3n) is 6.62. The maximum atomic E-state index is 6.16. The fourth-order valence-electron chi connectivity index (χ4n) is 4.69. The van der Waals surface area contributed by atoms with E-state index in [0.717, 1.165) is 59.9 Å². The first kappa shape index (κ1) is 24.3. The van der Waals surface area contributed by atoms with E-state index in [2.05, 4.69) is 66.2 Å². The number of nitrogens with one attached hydrogen (secondary N) is 1. The smallest absolute Gasteiger partial charge is 0.248 e. The molecular formula is C25H32N10S. The van der Waals surface area contributed by atoms with E-state index in [0.29, 0.717) is 17.8 Å². The number of anilines is 3. The Hall–Kier alpha value is -3.41. The van der Waals surface area contributed by atoms with E-state index >= 15 is 0 Å². The van der Waals surface area contributed by atoms with Gasteiger partial charge in [-0.05, 0) is 55.6 Å². The van der Waals surface area contributed by atoms with Gasteiger partial charge in [-0.15, -0.1) is 16.4 Å². The van der Waals surface area contributed by atoms with E-state index in [1.807, 2.05) is 24.4 Å². The maximum absolute atomic E-state index is 6.16. The largest absolute Gasteiger partial charge is 0.368 e. The maximum Gasteiger partial charge on any atom is 0.248 e. The number of aromatic nitrogens is 6. The Labute approximate surface area is 214 Å². The number of hydrogen-bond donors (Lipinski definition) is 2. The lowest BCUT2D eigenvalue weighted by Crippen LogP contribution is -2.37. The first-order valence-electron chi connectivity index (χ1n) is 12.3. The molecule has 4 aromatic heterocycles. The van der Waals surface area contributed by atoms with Crippen LogP contribution in [0.1, 0.15) is 31.5 Å². The van der Waals surface area contributed by atoms with E-state index in [1.165, 1.54) is 17.4 Å². The van der Waals surface area contributed by atoms with Gasteiger partial charge in [0.15, 0.2) is 5.82 Å². The molecule has 5 rings (SSSR count). The number of likely N-dealkylation sites (tertiary alicyclic amines) is 1. The van der Waals surface area contributed by atoms with Gasteiger partial charge in [-0.25, -0.2) is 9.97 Å². The highest BCUT2D eigenvalue weighted by atomic mass is 32.1. The SMILES string of the molecule is CCN(CC)C1CCN(C/C=C/c2ccc(Nc3nc(N)n(-c4ncnc5c(C)csc45)n3)cn2)C1. The second kappa shape index (κ2) is 10.7. The average molecular weight is 505 g/mol. The molecule has 5 heterocycles. The second-order valence-electron chi connectivity index (χ2n) is 8.92. The molecule has 0 saturated carbocycles. The summed E-state index contributed by atoms with van der Waals surface area (Å²) in [5, 5.41) is 9.74. The summed E-state index contributed by atoms with van der Waals surface area (Å²) in [6, 6.07) is 4.61. The van der Waals surface area contributed by atoms with Crippen LogP contribution < -0.4 is 11.1 Å². The molecule has 0 radical (unpaired) electrons. The van der Waals surface area contributed by atoms with Crippen molar-refractivity contribution >= 4 is 45.2 Å². The van der Waals surface area contributed by atoms with E-state index in [-0.39, 0.29) is 5.95 Å². The first-order chi connectivity index (χ1) is 17.6. The van der Waals surface area contributed by atoms with Crippen molar-refractivity contribution in [2.24, 2.45) is 0 Å². The molecule has 1 unspecified atom stereocenters. The number of nitrogens with zero attached hydrogens (tertiary/aromatic N) is 8. The normalized spacial score (nSPS) is 16.6. The number of fused-ring (bicyclic) bond motifs is 1. The van der Waals surface area contributed by atoms with Crippen LogP contribution in [0.2, 0.25) is 0 Å². The minimum Gasteiger partial charge on any atom is -0.368 e. The Morgan fingerprint density at radius 1 is 1.22 bits per heavy atom. The highest BCUT2D eigenvalue weighted by molar-refractivity contribution is 7.17. The van der Waals surface area contributed by atoms with Gasteiger partial charge in [0.1, 0.15) is 6.33 Å². The Balaban J connectivity index is 1.20. The van der Waals surface area contributed by atoms with Crippen LogP contribution in [0.4, 0.5) is 17.6 Å². The molecule has 0 bridgehead atoms. The lowest BCUT2D eigenvalue weighted by atomic mass is 10.2. The molecule has 10 nitrogen and oxygen atoms in total. The van der Waals surface area contributed by atoms with Gasteiger partial charge in [-0.1, -0.05) is 19.9 Å². The summed E-state index contributed by atoms with van der Waals surface area (Å²) < 4.78 is 2.46. The molecule has 3 N–H and O–H groups in total. The lowest BCUT2D eigenvalue weighted by molar-refractivity contribution is 0.215. The van der Waals surface area contributed by atoms with Gasteiger partial charge in [0, 0.05) is 25.7 Å². The van der Waals surface area contributed by atoms with Gasteiger partial charge in [-0.3, -0.25) is 14.8 Å². The summed E-state index contributed by atoms with van der Waals surface area (Å²) in [7, 11) is 0. The Kier molecular flexibility index (Phi) is 7.21. The topological polar surface area (TPSA) is 114 Å². The molecule has 1 atom stereocenters. The predicted octanol–water partition coefficient (Wildman–Crippen LogP) is 3.73.